The molecule has 0 radical (unpaired) electrons. The molecule has 3 aromatic rings. The Labute approximate surface area is 160 Å². The Hall–Kier alpha value is -3.00. The van der Waals surface area contributed by atoms with Gasteiger partial charge in [-0.3, -0.25) is 9.59 Å². The summed E-state index contributed by atoms with van der Waals surface area (Å²) in [6.45, 7) is 4.75. The molecule has 140 valence electrons. The average molecular weight is 388 g/mol. The second kappa shape index (κ2) is 8.13. The summed E-state index contributed by atoms with van der Waals surface area (Å²) in [5.41, 5.74) is 0.672. The van der Waals surface area contributed by atoms with Crippen molar-refractivity contribution in [2.24, 2.45) is 0 Å². The first kappa shape index (κ1) is 18.8. The Bertz CT molecular complexity index is 993. The maximum Gasteiger partial charge on any atom is 0.278 e. The van der Waals surface area contributed by atoms with Crippen molar-refractivity contribution >= 4 is 17.5 Å². The summed E-state index contributed by atoms with van der Waals surface area (Å²) in [6, 6.07) is 9.81. The van der Waals surface area contributed by atoms with Crippen LogP contribution in [-0.2, 0) is 11.3 Å². The first-order valence-electron chi connectivity index (χ1n) is 8.47. The number of amides is 1. The fourth-order valence-corrected chi connectivity index (χ4v) is 2.65. The zero-order chi connectivity index (χ0) is 19.4. The quantitative estimate of drug-likeness (QED) is 0.645. The maximum absolute atomic E-state index is 12.3. The highest BCUT2D eigenvalue weighted by Crippen LogP contribution is 2.21. The summed E-state index contributed by atoms with van der Waals surface area (Å²) >= 11 is 5.88. The number of benzene rings is 1. The molecule has 2 aromatic heterocycles. The van der Waals surface area contributed by atoms with E-state index in [0.29, 0.717) is 29.6 Å². The van der Waals surface area contributed by atoms with Gasteiger partial charge in [-0.2, -0.15) is 10.1 Å². The van der Waals surface area contributed by atoms with E-state index in [4.69, 9.17) is 16.1 Å². The highest BCUT2D eigenvalue weighted by Gasteiger charge is 2.16. The van der Waals surface area contributed by atoms with E-state index < -0.39 is 0 Å². The van der Waals surface area contributed by atoms with Crippen molar-refractivity contribution in [3.63, 3.8) is 0 Å². The molecule has 1 amide bonds. The number of carbonyl (C=O) groups is 1. The zero-order valence-corrected chi connectivity index (χ0v) is 15.7. The van der Waals surface area contributed by atoms with Crippen molar-refractivity contribution in [2.45, 2.75) is 20.4 Å². The molecule has 0 aliphatic heterocycles. The lowest BCUT2D eigenvalue weighted by molar-refractivity contribution is -0.131. The molecular formula is C18H18ClN5O3. The van der Waals surface area contributed by atoms with Crippen LogP contribution in [0.3, 0.4) is 0 Å². The van der Waals surface area contributed by atoms with Crippen LogP contribution in [0.15, 0.2) is 45.7 Å². The Morgan fingerprint density at radius 2 is 1.85 bits per heavy atom. The van der Waals surface area contributed by atoms with Crippen molar-refractivity contribution in [3.05, 3.63) is 51.8 Å². The Balaban J connectivity index is 1.87. The molecule has 0 spiro atoms. The molecule has 0 bridgehead atoms. The van der Waals surface area contributed by atoms with Gasteiger partial charge in [0.2, 0.25) is 11.7 Å². The summed E-state index contributed by atoms with van der Waals surface area (Å²) in [7, 11) is 0. The van der Waals surface area contributed by atoms with Gasteiger partial charge in [-0.15, -0.1) is 0 Å². The van der Waals surface area contributed by atoms with E-state index in [1.165, 1.54) is 12.1 Å². The van der Waals surface area contributed by atoms with E-state index >= 15 is 0 Å². The second-order valence-electron chi connectivity index (χ2n) is 5.71. The van der Waals surface area contributed by atoms with Gasteiger partial charge in [0, 0.05) is 29.7 Å². The van der Waals surface area contributed by atoms with Crippen molar-refractivity contribution < 1.29 is 9.32 Å². The third-order valence-electron chi connectivity index (χ3n) is 4.02. The van der Waals surface area contributed by atoms with E-state index in [1.807, 2.05) is 13.8 Å². The van der Waals surface area contributed by atoms with Gasteiger partial charge in [-0.1, -0.05) is 16.8 Å². The summed E-state index contributed by atoms with van der Waals surface area (Å²) in [4.78, 5) is 30.2. The standard InChI is InChI=1S/C18H18ClN5O3/c1-3-23(4-2)16(26)11-24-15(25)10-9-14(21-24)18-20-17(22-27-18)12-5-7-13(19)8-6-12/h5-10H,3-4,11H2,1-2H3. The monoisotopic (exact) mass is 387 g/mol. The molecule has 0 saturated heterocycles. The lowest BCUT2D eigenvalue weighted by Gasteiger charge is -2.18. The van der Waals surface area contributed by atoms with Gasteiger partial charge in [0.25, 0.3) is 11.4 Å². The molecule has 0 unspecified atom stereocenters. The highest BCUT2D eigenvalue weighted by molar-refractivity contribution is 6.30. The van der Waals surface area contributed by atoms with Crippen LogP contribution in [0, 0.1) is 0 Å². The van der Waals surface area contributed by atoms with Crippen LogP contribution in [0.2, 0.25) is 5.02 Å². The largest absolute Gasteiger partial charge is 0.342 e. The lowest BCUT2D eigenvalue weighted by Crippen LogP contribution is -2.37. The highest BCUT2D eigenvalue weighted by atomic mass is 35.5. The molecule has 2 heterocycles. The first-order chi connectivity index (χ1) is 13.0. The second-order valence-corrected chi connectivity index (χ2v) is 6.15. The summed E-state index contributed by atoms with van der Waals surface area (Å²) in [6.07, 6.45) is 0. The van der Waals surface area contributed by atoms with Gasteiger partial charge in [-0.05, 0) is 44.2 Å². The van der Waals surface area contributed by atoms with E-state index in [1.54, 1.807) is 29.2 Å². The minimum absolute atomic E-state index is 0.146. The summed E-state index contributed by atoms with van der Waals surface area (Å²) < 4.78 is 6.36. The molecule has 0 atom stereocenters. The molecule has 0 aliphatic rings. The van der Waals surface area contributed by atoms with Gasteiger partial charge < -0.3 is 9.42 Å². The fourth-order valence-electron chi connectivity index (χ4n) is 2.52. The van der Waals surface area contributed by atoms with Crippen LogP contribution in [0.4, 0.5) is 0 Å². The Kier molecular flexibility index (Phi) is 5.66. The minimum atomic E-state index is -0.378. The average Bonchev–Trinajstić information content (AvgIpc) is 3.15. The molecule has 0 N–H and O–H groups in total. The molecular weight excluding hydrogens is 370 g/mol. The predicted molar refractivity (Wildman–Crippen MR) is 100 cm³/mol. The normalized spacial score (nSPS) is 10.8. The zero-order valence-electron chi connectivity index (χ0n) is 14.9. The maximum atomic E-state index is 12.3. The van der Waals surface area contributed by atoms with Gasteiger partial charge in [0.1, 0.15) is 12.2 Å². The van der Waals surface area contributed by atoms with E-state index in [0.717, 1.165) is 10.2 Å². The van der Waals surface area contributed by atoms with Crippen LogP contribution in [0.5, 0.6) is 0 Å². The van der Waals surface area contributed by atoms with Crippen LogP contribution in [-0.4, -0.2) is 43.8 Å². The number of aromatic nitrogens is 4. The van der Waals surface area contributed by atoms with Gasteiger partial charge in [0.15, 0.2) is 0 Å². The molecule has 0 aliphatic carbocycles. The first-order valence-corrected chi connectivity index (χ1v) is 8.85. The number of halogens is 1. The van der Waals surface area contributed by atoms with E-state index in [9.17, 15) is 9.59 Å². The van der Waals surface area contributed by atoms with Crippen molar-refractivity contribution in [1.29, 1.82) is 0 Å². The third kappa shape index (κ3) is 4.22. The minimum Gasteiger partial charge on any atom is -0.342 e. The van der Waals surface area contributed by atoms with Gasteiger partial charge in [0.05, 0.1) is 0 Å². The number of rotatable bonds is 6. The third-order valence-corrected chi connectivity index (χ3v) is 4.27. The van der Waals surface area contributed by atoms with E-state index in [-0.39, 0.29) is 23.9 Å². The topological polar surface area (TPSA) is 94.1 Å². The summed E-state index contributed by atoms with van der Waals surface area (Å²) in [5, 5.41) is 8.73. The Morgan fingerprint density at radius 3 is 2.52 bits per heavy atom. The SMILES string of the molecule is CCN(CC)C(=O)Cn1nc(-c2nc(-c3ccc(Cl)cc3)no2)ccc1=O. The van der Waals surface area contributed by atoms with Crippen molar-refractivity contribution in [1.82, 2.24) is 24.8 Å². The summed E-state index contributed by atoms with van der Waals surface area (Å²) in [5.74, 6) is 0.351. The van der Waals surface area contributed by atoms with Crippen LogP contribution >= 0.6 is 11.6 Å². The molecule has 27 heavy (non-hydrogen) atoms. The molecule has 8 nitrogen and oxygen atoms in total. The number of carbonyl (C=O) groups excluding carboxylic acids is 1. The number of hydrogen-bond acceptors (Lipinski definition) is 6. The predicted octanol–water partition coefficient (Wildman–Crippen LogP) is 2.48. The number of likely N-dealkylation sites (N-methyl/N-ethyl adjacent to an activating group) is 1. The van der Waals surface area contributed by atoms with Crippen LogP contribution in [0.1, 0.15) is 13.8 Å². The smallest absolute Gasteiger partial charge is 0.278 e. The van der Waals surface area contributed by atoms with Gasteiger partial charge in [-0.25, -0.2) is 4.68 Å². The van der Waals surface area contributed by atoms with Crippen molar-refractivity contribution in [3.8, 4) is 23.0 Å². The van der Waals surface area contributed by atoms with Crippen molar-refractivity contribution in [2.75, 3.05) is 13.1 Å². The molecule has 0 fully saturated rings. The fraction of sp³-hybridized carbons (Fsp3) is 0.278. The van der Waals surface area contributed by atoms with Crippen LogP contribution in [0.25, 0.3) is 23.0 Å². The molecule has 9 heteroatoms. The molecule has 3 rings (SSSR count). The molecule has 1 aromatic carbocycles. The lowest BCUT2D eigenvalue weighted by atomic mass is 10.2. The van der Waals surface area contributed by atoms with Gasteiger partial charge >= 0.3 is 0 Å². The van der Waals surface area contributed by atoms with Crippen LogP contribution < -0.4 is 5.56 Å². The molecule has 0 saturated carbocycles. The van der Waals surface area contributed by atoms with E-state index in [2.05, 4.69) is 15.2 Å². The Morgan fingerprint density at radius 1 is 1.15 bits per heavy atom. The number of hydrogen-bond donors (Lipinski definition) is 0. The number of nitrogens with zero attached hydrogens (tertiary/aromatic N) is 5.